The van der Waals surface area contributed by atoms with Crippen LogP contribution in [-0.4, -0.2) is 47.0 Å². The van der Waals surface area contributed by atoms with Crippen LogP contribution in [-0.2, 0) is 23.9 Å². The quantitative estimate of drug-likeness (QED) is 0.227. The highest BCUT2D eigenvalue weighted by atomic mass is 16.5. The van der Waals surface area contributed by atoms with Crippen LogP contribution in [0.3, 0.4) is 0 Å². The number of benzene rings is 3. The first-order valence-corrected chi connectivity index (χ1v) is 14.4. The molecule has 3 aliphatic carbocycles. The third-order valence-corrected chi connectivity index (χ3v) is 8.80. The van der Waals surface area contributed by atoms with Crippen molar-refractivity contribution in [2.45, 2.75) is 51.0 Å². The fourth-order valence-electron chi connectivity index (χ4n) is 7.00. The van der Waals surface area contributed by atoms with Crippen molar-refractivity contribution < 1.29 is 28.7 Å². The Labute approximate surface area is 244 Å². The fourth-order valence-corrected chi connectivity index (χ4v) is 7.00. The van der Waals surface area contributed by atoms with Crippen LogP contribution in [0.4, 0.5) is 5.69 Å². The van der Waals surface area contributed by atoms with Crippen molar-refractivity contribution in [3.05, 3.63) is 101 Å². The minimum Gasteiger partial charge on any atom is -0.454 e. The molecule has 8 heteroatoms. The first-order chi connectivity index (χ1) is 20.3. The molecule has 0 radical (unpaired) electrons. The van der Waals surface area contributed by atoms with Crippen LogP contribution in [0.25, 0.3) is 0 Å². The lowest BCUT2D eigenvalue weighted by atomic mass is 9.55. The lowest BCUT2D eigenvalue weighted by Crippen LogP contribution is -2.47. The van der Waals surface area contributed by atoms with Crippen LogP contribution in [0.1, 0.15) is 77.6 Å². The summed E-state index contributed by atoms with van der Waals surface area (Å²) in [7, 11) is 0. The summed E-state index contributed by atoms with van der Waals surface area (Å²) in [6, 6.07) is 21.3. The molecular weight excluding hydrogens is 532 g/mol. The smallest absolute Gasteiger partial charge is 0.329 e. The molecular formula is C34H32N2O6. The summed E-state index contributed by atoms with van der Waals surface area (Å²) >= 11 is 0. The van der Waals surface area contributed by atoms with Gasteiger partial charge in [0, 0.05) is 23.1 Å². The molecule has 1 fully saturated rings. The number of imide groups is 1. The Morgan fingerprint density at radius 1 is 0.833 bits per heavy atom. The Bertz CT molecular complexity index is 1500. The van der Waals surface area contributed by atoms with Crippen LogP contribution in [0.15, 0.2) is 72.8 Å². The Morgan fingerprint density at radius 2 is 1.38 bits per heavy atom. The first-order valence-electron chi connectivity index (χ1n) is 14.4. The predicted molar refractivity (Wildman–Crippen MR) is 155 cm³/mol. The number of carbonyl (C=O) groups excluding carboxylic acids is 5. The number of amides is 3. The third kappa shape index (κ3) is 4.51. The maximum absolute atomic E-state index is 14.1. The van der Waals surface area contributed by atoms with Gasteiger partial charge in [0.1, 0.15) is 6.04 Å². The predicted octanol–water partition coefficient (Wildman–Crippen LogP) is 4.82. The molecule has 0 spiro atoms. The summed E-state index contributed by atoms with van der Waals surface area (Å²) < 4.78 is 5.40. The van der Waals surface area contributed by atoms with Gasteiger partial charge >= 0.3 is 5.97 Å². The summed E-state index contributed by atoms with van der Waals surface area (Å²) in [4.78, 5) is 67.1. The zero-order valence-corrected chi connectivity index (χ0v) is 23.5. The van der Waals surface area contributed by atoms with E-state index in [1.54, 1.807) is 24.3 Å². The Kier molecular flexibility index (Phi) is 7.22. The molecule has 1 saturated heterocycles. The van der Waals surface area contributed by atoms with Crippen LogP contribution in [0.2, 0.25) is 0 Å². The lowest BCUT2D eigenvalue weighted by Gasteiger charge is -2.45. The molecule has 42 heavy (non-hydrogen) atoms. The van der Waals surface area contributed by atoms with Crippen molar-refractivity contribution in [3.63, 3.8) is 0 Å². The van der Waals surface area contributed by atoms with E-state index in [2.05, 4.69) is 5.32 Å². The van der Waals surface area contributed by atoms with E-state index < -0.39 is 36.4 Å². The molecule has 3 atom stereocenters. The molecule has 0 aromatic heterocycles. The number of Topliss-reactive ketones (excluding diaryl/α,β-unsaturated/α-hetero) is 1. The van der Waals surface area contributed by atoms with Gasteiger partial charge in [-0.05, 0) is 47.7 Å². The summed E-state index contributed by atoms with van der Waals surface area (Å²) in [5.41, 5.74) is 5.07. The van der Waals surface area contributed by atoms with Gasteiger partial charge in [-0.15, -0.1) is 0 Å². The fraction of sp³-hybridized carbons (Fsp3) is 0.324. The Morgan fingerprint density at radius 3 is 1.88 bits per heavy atom. The van der Waals surface area contributed by atoms with E-state index in [4.69, 9.17) is 4.74 Å². The monoisotopic (exact) mass is 564 g/mol. The van der Waals surface area contributed by atoms with Crippen molar-refractivity contribution in [2.24, 2.45) is 11.8 Å². The number of nitrogens with zero attached hydrogens (tertiary/aromatic N) is 1. The summed E-state index contributed by atoms with van der Waals surface area (Å²) in [5, 5.41) is 2.63. The van der Waals surface area contributed by atoms with Crippen molar-refractivity contribution in [3.8, 4) is 0 Å². The van der Waals surface area contributed by atoms with Gasteiger partial charge in [0.2, 0.25) is 11.8 Å². The number of rotatable bonds is 9. The van der Waals surface area contributed by atoms with E-state index in [1.807, 2.05) is 55.5 Å². The van der Waals surface area contributed by atoms with E-state index in [0.29, 0.717) is 17.7 Å². The van der Waals surface area contributed by atoms with E-state index in [9.17, 15) is 24.0 Å². The van der Waals surface area contributed by atoms with E-state index in [-0.39, 0.29) is 35.9 Å². The number of hydrogen-bond donors (Lipinski definition) is 1. The van der Waals surface area contributed by atoms with Crippen LogP contribution in [0, 0.1) is 11.8 Å². The van der Waals surface area contributed by atoms with Gasteiger partial charge in [-0.2, -0.15) is 0 Å². The largest absolute Gasteiger partial charge is 0.454 e. The van der Waals surface area contributed by atoms with Gasteiger partial charge in [-0.3, -0.25) is 24.1 Å². The maximum Gasteiger partial charge on any atom is 0.329 e. The standard InChI is InChI=1S/C34H32N2O6/c1-3-4-16-26(34(41)42-18-27(38)35-21-11-9-10-20(17-21)19(2)37)36-32(39)30-28-22-12-5-6-13-23(22)29(31(30)33(36)40)25-15-8-7-14-24(25)28/h5-15,17,26,28-31H,3-4,16,18H2,1-2H3,(H,35,38)/t26-,28?,29?,30-,31+/m1/s1. The summed E-state index contributed by atoms with van der Waals surface area (Å²) in [5.74, 6) is -3.95. The van der Waals surface area contributed by atoms with Gasteiger partial charge in [-0.1, -0.05) is 80.4 Å². The highest BCUT2D eigenvalue weighted by Crippen LogP contribution is 2.61. The Hall–Kier alpha value is -4.59. The minimum atomic E-state index is -1.12. The van der Waals surface area contributed by atoms with Crippen LogP contribution >= 0.6 is 0 Å². The number of likely N-dealkylation sites (tertiary alicyclic amines) is 1. The lowest BCUT2D eigenvalue weighted by molar-refractivity contribution is -0.160. The van der Waals surface area contributed by atoms with Crippen molar-refractivity contribution in [1.82, 2.24) is 4.90 Å². The van der Waals surface area contributed by atoms with Gasteiger partial charge in [-0.25, -0.2) is 4.79 Å². The normalized spacial score (nSPS) is 22.2. The molecule has 1 heterocycles. The molecule has 8 nitrogen and oxygen atoms in total. The average molecular weight is 565 g/mol. The second kappa shape index (κ2) is 11.0. The van der Waals surface area contributed by atoms with E-state index >= 15 is 0 Å². The number of anilines is 1. The summed E-state index contributed by atoms with van der Waals surface area (Å²) in [6.45, 7) is 2.81. The molecule has 214 valence electrons. The van der Waals surface area contributed by atoms with E-state index in [1.165, 1.54) is 6.92 Å². The van der Waals surface area contributed by atoms with Gasteiger partial charge < -0.3 is 10.1 Å². The topological polar surface area (TPSA) is 110 Å². The zero-order chi connectivity index (χ0) is 29.5. The van der Waals surface area contributed by atoms with Gasteiger partial charge in [0.25, 0.3) is 5.91 Å². The number of ketones is 1. The number of nitrogens with one attached hydrogen (secondary N) is 1. The molecule has 7 rings (SSSR count). The SMILES string of the molecule is CCCC[C@H](C(=O)OCC(=O)Nc1cccc(C(C)=O)c1)N1C(=O)[C@@H]2C3c4ccccc4C(c4ccccc43)[C@@H]2C1=O. The van der Waals surface area contributed by atoms with Gasteiger partial charge in [0.15, 0.2) is 12.4 Å². The van der Waals surface area contributed by atoms with Crippen LogP contribution < -0.4 is 5.32 Å². The molecule has 4 aliphatic rings. The highest BCUT2D eigenvalue weighted by molar-refractivity contribution is 6.10. The van der Waals surface area contributed by atoms with E-state index in [0.717, 1.165) is 33.6 Å². The second-order valence-electron chi connectivity index (χ2n) is 11.3. The molecule has 3 aromatic carbocycles. The molecule has 0 saturated carbocycles. The van der Waals surface area contributed by atoms with Crippen molar-refractivity contribution in [2.75, 3.05) is 11.9 Å². The third-order valence-electron chi connectivity index (χ3n) is 8.80. The first kappa shape index (κ1) is 27.6. The van der Waals surface area contributed by atoms with Gasteiger partial charge in [0.05, 0.1) is 11.8 Å². The molecule has 1 aliphatic heterocycles. The number of ether oxygens (including phenoxy) is 1. The number of hydrogen-bond acceptors (Lipinski definition) is 6. The summed E-state index contributed by atoms with van der Waals surface area (Å²) in [6.07, 6.45) is 1.61. The zero-order valence-electron chi connectivity index (χ0n) is 23.5. The number of unbranched alkanes of at least 4 members (excludes halogenated alkanes) is 1. The molecule has 1 N–H and O–H groups in total. The van der Waals surface area contributed by atoms with Crippen LogP contribution in [0.5, 0.6) is 0 Å². The minimum absolute atomic E-state index is 0.142. The number of carbonyl (C=O) groups is 5. The Balaban J connectivity index is 1.24. The van der Waals surface area contributed by atoms with Crippen molar-refractivity contribution in [1.29, 1.82) is 0 Å². The highest BCUT2D eigenvalue weighted by Gasteiger charge is 2.63. The maximum atomic E-state index is 14.1. The molecule has 3 amide bonds. The molecule has 2 bridgehead atoms. The molecule has 3 aromatic rings. The number of esters is 1. The average Bonchev–Trinajstić information content (AvgIpc) is 3.26. The molecule has 0 unspecified atom stereocenters. The second-order valence-corrected chi connectivity index (χ2v) is 11.3. The van der Waals surface area contributed by atoms with Crippen molar-refractivity contribution >= 4 is 35.2 Å².